The molecule has 2 aromatic heterocycles. The molecule has 0 saturated carbocycles. The van der Waals surface area contributed by atoms with Crippen LogP contribution in [-0.4, -0.2) is 45.4 Å². The number of aliphatic carboxylic acids is 1. The van der Waals surface area contributed by atoms with E-state index in [1.54, 1.807) is 0 Å². The summed E-state index contributed by atoms with van der Waals surface area (Å²) in [6, 6.07) is 0.699. The second-order valence-corrected chi connectivity index (χ2v) is 5.57. The number of imidazole rings is 1. The maximum Gasteiger partial charge on any atom is 0.417 e. The standard InChI is InChI=1S/C14H12ClF3N4O4/c1-6-11(13(26)20-3-9(23)19-4-10(24)25)22-5-7(14(16,17)18)2-8(15)12(22)21-6/h2,5H,3-4H2,1H3,(H,19,23)(H,20,26)(H,24,25). The largest absolute Gasteiger partial charge is 0.480 e. The number of alkyl halides is 3. The first-order valence-corrected chi connectivity index (χ1v) is 7.40. The maximum absolute atomic E-state index is 12.9. The molecule has 3 N–H and O–H groups in total. The number of carboxylic acids is 1. The number of nitrogens with zero attached hydrogens (tertiary/aromatic N) is 2. The molecule has 0 spiro atoms. The fraction of sp³-hybridized carbons (Fsp3) is 0.286. The summed E-state index contributed by atoms with van der Waals surface area (Å²) in [5.74, 6) is -2.91. The van der Waals surface area contributed by atoms with E-state index in [1.807, 2.05) is 5.32 Å². The monoisotopic (exact) mass is 392 g/mol. The second-order valence-electron chi connectivity index (χ2n) is 5.17. The van der Waals surface area contributed by atoms with Gasteiger partial charge < -0.3 is 15.7 Å². The average molecular weight is 393 g/mol. The van der Waals surface area contributed by atoms with Gasteiger partial charge >= 0.3 is 12.1 Å². The Kier molecular flexibility index (Phi) is 5.40. The summed E-state index contributed by atoms with van der Waals surface area (Å²) in [6.45, 7) is 0.204. The molecule has 0 aromatic carbocycles. The molecule has 8 nitrogen and oxygen atoms in total. The van der Waals surface area contributed by atoms with Crippen LogP contribution < -0.4 is 10.6 Å². The summed E-state index contributed by atoms with van der Waals surface area (Å²) in [7, 11) is 0. The highest BCUT2D eigenvalue weighted by Crippen LogP contribution is 2.33. The van der Waals surface area contributed by atoms with Crippen molar-refractivity contribution in [3.05, 3.63) is 34.2 Å². The molecule has 26 heavy (non-hydrogen) atoms. The topological polar surface area (TPSA) is 113 Å². The van der Waals surface area contributed by atoms with Gasteiger partial charge in [-0.25, -0.2) is 4.98 Å². The van der Waals surface area contributed by atoms with Gasteiger partial charge in [0.1, 0.15) is 12.2 Å². The van der Waals surface area contributed by atoms with Gasteiger partial charge in [0.05, 0.1) is 22.8 Å². The van der Waals surface area contributed by atoms with E-state index in [1.165, 1.54) is 6.92 Å². The molecule has 0 aliphatic carbocycles. The van der Waals surface area contributed by atoms with Crippen molar-refractivity contribution in [2.24, 2.45) is 0 Å². The Bertz CT molecular complexity index is 894. The molecule has 2 heterocycles. The van der Waals surface area contributed by atoms with Crippen molar-refractivity contribution in [2.75, 3.05) is 13.1 Å². The van der Waals surface area contributed by atoms with Gasteiger partial charge in [0.2, 0.25) is 5.91 Å². The summed E-state index contributed by atoms with van der Waals surface area (Å²) in [4.78, 5) is 38.0. The van der Waals surface area contributed by atoms with Gasteiger partial charge in [0, 0.05) is 6.20 Å². The third kappa shape index (κ3) is 4.23. The van der Waals surface area contributed by atoms with E-state index in [9.17, 15) is 27.6 Å². The van der Waals surface area contributed by atoms with E-state index >= 15 is 0 Å². The number of aryl methyl sites for hydroxylation is 1. The third-order valence-electron chi connectivity index (χ3n) is 3.24. The van der Waals surface area contributed by atoms with Gasteiger partial charge in [-0.2, -0.15) is 13.2 Å². The van der Waals surface area contributed by atoms with Gasteiger partial charge in [-0.15, -0.1) is 0 Å². The fourth-order valence-electron chi connectivity index (χ4n) is 2.13. The Balaban J connectivity index is 2.29. The highest BCUT2D eigenvalue weighted by Gasteiger charge is 2.33. The number of pyridine rings is 1. The molecule has 0 fully saturated rings. The van der Waals surface area contributed by atoms with E-state index in [0.717, 1.165) is 4.40 Å². The summed E-state index contributed by atoms with van der Waals surface area (Å²) in [6.07, 6.45) is -4.00. The zero-order valence-electron chi connectivity index (χ0n) is 13.1. The number of rotatable bonds is 5. The van der Waals surface area contributed by atoms with Gasteiger partial charge in [-0.1, -0.05) is 11.6 Å². The van der Waals surface area contributed by atoms with E-state index in [-0.39, 0.29) is 22.1 Å². The molecule has 0 atom stereocenters. The maximum atomic E-state index is 12.9. The van der Waals surface area contributed by atoms with Crippen LogP contribution in [0.25, 0.3) is 5.65 Å². The normalized spacial score (nSPS) is 11.4. The zero-order chi connectivity index (χ0) is 19.6. The molecule has 12 heteroatoms. The van der Waals surface area contributed by atoms with E-state index in [4.69, 9.17) is 16.7 Å². The Morgan fingerprint density at radius 3 is 2.50 bits per heavy atom. The molecule has 0 bridgehead atoms. The SMILES string of the molecule is Cc1nc2c(Cl)cc(C(F)(F)F)cn2c1C(=O)NCC(=O)NCC(=O)O. The predicted molar refractivity (Wildman–Crippen MR) is 82.9 cm³/mol. The number of carbonyl (C=O) groups excluding carboxylic acids is 2. The average Bonchev–Trinajstić information content (AvgIpc) is 2.86. The van der Waals surface area contributed by atoms with Crippen molar-refractivity contribution in [1.29, 1.82) is 0 Å². The molecule has 140 valence electrons. The minimum absolute atomic E-state index is 0.0438. The van der Waals surface area contributed by atoms with Crippen LogP contribution in [-0.2, 0) is 15.8 Å². The molecular weight excluding hydrogens is 381 g/mol. The number of carbonyl (C=O) groups is 3. The predicted octanol–water partition coefficient (Wildman–Crippen LogP) is 1.25. The van der Waals surface area contributed by atoms with Crippen molar-refractivity contribution in [1.82, 2.24) is 20.0 Å². The summed E-state index contributed by atoms with van der Waals surface area (Å²) < 4.78 is 39.7. The van der Waals surface area contributed by atoms with Crippen LogP contribution in [0.5, 0.6) is 0 Å². The third-order valence-corrected chi connectivity index (χ3v) is 3.52. The number of hydrogen-bond acceptors (Lipinski definition) is 4. The first kappa shape index (κ1) is 19.5. The Hall–Kier alpha value is -2.82. The lowest BCUT2D eigenvalue weighted by atomic mass is 10.2. The highest BCUT2D eigenvalue weighted by atomic mass is 35.5. The molecule has 0 radical (unpaired) electrons. The lowest BCUT2D eigenvalue weighted by Gasteiger charge is -2.10. The number of fused-ring (bicyclic) bond motifs is 1. The van der Waals surface area contributed by atoms with Crippen LogP contribution in [0.3, 0.4) is 0 Å². The Morgan fingerprint density at radius 1 is 1.27 bits per heavy atom. The number of amides is 2. The summed E-state index contributed by atoms with van der Waals surface area (Å²) >= 11 is 5.82. The second kappa shape index (κ2) is 7.20. The summed E-state index contributed by atoms with van der Waals surface area (Å²) in [5, 5.41) is 12.4. The lowest BCUT2D eigenvalue weighted by Crippen LogP contribution is -2.39. The number of hydrogen-bond donors (Lipinski definition) is 3. The molecule has 0 aliphatic heterocycles. The first-order chi connectivity index (χ1) is 12.0. The number of aromatic nitrogens is 2. The van der Waals surface area contributed by atoms with Crippen molar-refractivity contribution in [2.45, 2.75) is 13.1 Å². The highest BCUT2D eigenvalue weighted by molar-refractivity contribution is 6.33. The summed E-state index contributed by atoms with van der Waals surface area (Å²) in [5.41, 5.74) is -1.23. The lowest BCUT2D eigenvalue weighted by molar-refractivity contribution is -0.138. The van der Waals surface area contributed by atoms with Crippen LogP contribution in [0, 0.1) is 6.92 Å². The molecule has 2 rings (SSSR count). The van der Waals surface area contributed by atoms with Crippen molar-refractivity contribution in [3.63, 3.8) is 0 Å². The number of nitrogens with one attached hydrogen (secondary N) is 2. The Morgan fingerprint density at radius 2 is 1.92 bits per heavy atom. The van der Waals surface area contributed by atoms with Crippen LogP contribution in [0.15, 0.2) is 12.3 Å². The molecule has 2 aromatic rings. The van der Waals surface area contributed by atoms with Crippen molar-refractivity contribution in [3.8, 4) is 0 Å². The fourth-order valence-corrected chi connectivity index (χ4v) is 2.38. The van der Waals surface area contributed by atoms with Gasteiger partial charge in [-0.3, -0.25) is 18.8 Å². The number of carboxylic acid groups (broad SMARTS) is 1. The van der Waals surface area contributed by atoms with Crippen LogP contribution in [0.2, 0.25) is 5.02 Å². The molecular formula is C14H12ClF3N4O4. The van der Waals surface area contributed by atoms with E-state index in [0.29, 0.717) is 12.3 Å². The molecule has 2 amide bonds. The zero-order valence-corrected chi connectivity index (χ0v) is 13.9. The van der Waals surface area contributed by atoms with Crippen LogP contribution in [0.4, 0.5) is 13.2 Å². The Labute approximate surface area is 149 Å². The smallest absolute Gasteiger partial charge is 0.417 e. The first-order valence-electron chi connectivity index (χ1n) is 7.02. The quantitative estimate of drug-likeness (QED) is 0.708. The van der Waals surface area contributed by atoms with Crippen molar-refractivity contribution >= 4 is 35.0 Å². The van der Waals surface area contributed by atoms with Gasteiger partial charge in [-0.05, 0) is 13.0 Å². The van der Waals surface area contributed by atoms with E-state index < -0.39 is 42.6 Å². The van der Waals surface area contributed by atoms with Crippen molar-refractivity contribution < 1.29 is 32.7 Å². The molecule has 0 aliphatic rings. The van der Waals surface area contributed by atoms with Crippen LogP contribution >= 0.6 is 11.6 Å². The molecule has 0 unspecified atom stereocenters. The van der Waals surface area contributed by atoms with E-state index in [2.05, 4.69) is 10.3 Å². The van der Waals surface area contributed by atoms with Gasteiger partial charge in [0.25, 0.3) is 5.91 Å². The molecule has 0 saturated heterocycles. The minimum atomic E-state index is -4.68. The van der Waals surface area contributed by atoms with Gasteiger partial charge in [0.15, 0.2) is 5.65 Å². The van der Waals surface area contributed by atoms with Crippen LogP contribution in [0.1, 0.15) is 21.7 Å². The minimum Gasteiger partial charge on any atom is -0.480 e. The number of halogens is 4.